The minimum Gasteiger partial charge on any atom is -0.253 e. The van der Waals surface area contributed by atoms with E-state index in [2.05, 4.69) is 0 Å². The minimum absolute atomic E-state index is 0.245. The average molecular weight is 161 g/mol. The van der Waals surface area contributed by atoms with Gasteiger partial charge in [-0.15, -0.1) is 0 Å². The zero-order chi connectivity index (χ0) is 7.78. The zero-order valence-electron chi connectivity index (χ0n) is 6.59. The lowest BCUT2D eigenvalue weighted by molar-refractivity contribution is 0.654. The van der Waals surface area contributed by atoms with Crippen molar-refractivity contribution in [2.24, 2.45) is 5.92 Å². The SMILES string of the molecule is CC(C)CS(=N)(=O)C1CC1. The van der Waals surface area contributed by atoms with E-state index in [1.165, 1.54) is 0 Å². The van der Waals surface area contributed by atoms with Gasteiger partial charge in [-0.1, -0.05) is 13.8 Å². The smallest absolute Gasteiger partial charge is 0.0473 e. The van der Waals surface area contributed by atoms with Crippen molar-refractivity contribution in [3.63, 3.8) is 0 Å². The van der Waals surface area contributed by atoms with E-state index in [9.17, 15) is 4.21 Å². The predicted octanol–water partition coefficient (Wildman–Crippen LogP) is 1.85. The molecule has 0 radical (unpaired) electrons. The van der Waals surface area contributed by atoms with E-state index in [1.807, 2.05) is 13.8 Å². The van der Waals surface area contributed by atoms with Gasteiger partial charge in [0.15, 0.2) is 0 Å². The Morgan fingerprint density at radius 3 is 2.40 bits per heavy atom. The quantitative estimate of drug-likeness (QED) is 0.674. The van der Waals surface area contributed by atoms with Crippen LogP contribution in [0.25, 0.3) is 0 Å². The van der Waals surface area contributed by atoms with E-state index < -0.39 is 9.73 Å². The van der Waals surface area contributed by atoms with Crippen molar-refractivity contribution in [3.05, 3.63) is 0 Å². The van der Waals surface area contributed by atoms with Gasteiger partial charge in [0.25, 0.3) is 0 Å². The Labute approximate surface area is 63.0 Å². The first kappa shape index (κ1) is 8.05. The van der Waals surface area contributed by atoms with Crippen molar-refractivity contribution in [1.29, 1.82) is 4.78 Å². The van der Waals surface area contributed by atoms with Gasteiger partial charge in [-0.05, 0) is 18.8 Å². The molecule has 1 aliphatic rings. The maximum Gasteiger partial charge on any atom is 0.0473 e. The molecule has 1 atom stereocenters. The molecule has 0 bridgehead atoms. The average Bonchev–Trinajstić information content (AvgIpc) is 2.35. The molecule has 10 heavy (non-hydrogen) atoms. The summed E-state index contributed by atoms with van der Waals surface area (Å²) in [5.41, 5.74) is 0. The van der Waals surface area contributed by atoms with Crippen molar-refractivity contribution in [2.75, 3.05) is 5.75 Å². The summed E-state index contributed by atoms with van der Waals surface area (Å²) in [5, 5.41) is 0.245. The molecule has 0 aliphatic heterocycles. The van der Waals surface area contributed by atoms with E-state index in [-0.39, 0.29) is 5.25 Å². The summed E-state index contributed by atoms with van der Waals surface area (Å²) in [6, 6.07) is 0. The molecular formula is C7H15NOS. The highest BCUT2D eigenvalue weighted by Gasteiger charge is 2.32. The van der Waals surface area contributed by atoms with Gasteiger partial charge in [0.2, 0.25) is 0 Å². The van der Waals surface area contributed by atoms with Gasteiger partial charge in [-0.25, -0.2) is 4.21 Å². The summed E-state index contributed by atoms with van der Waals surface area (Å²) >= 11 is 0. The molecule has 0 saturated heterocycles. The summed E-state index contributed by atoms with van der Waals surface area (Å²) in [6.07, 6.45) is 2.05. The van der Waals surface area contributed by atoms with E-state index in [0.717, 1.165) is 12.8 Å². The second kappa shape index (κ2) is 2.53. The molecule has 1 rings (SSSR count). The third-order valence-electron chi connectivity index (χ3n) is 1.64. The van der Waals surface area contributed by atoms with Crippen LogP contribution in [0.4, 0.5) is 0 Å². The largest absolute Gasteiger partial charge is 0.253 e. The number of nitrogens with one attached hydrogen (secondary N) is 1. The summed E-state index contributed by atoms with van der Waals surface area (Å²) in [6.45, 7) is 4.05. The Morgan fingerprint density at radius 2 is 2.10 bits per heavy atom. The monoisotopic (exact) mass is 161 g/mol. The third-order valence-corrected chi connectivity index (χ3v) is 4.35. The minimum atomic E-state index is -2.19. The van der Waals surface area contributed by atoms with Gasteiger partial charge in [0.1, 0.15) is 0 Å². The molecule has 1 fully saturated rings. The zero-order valence-corrected chi connectivity index (χ0v) is 7.41. The summed E-state index contributed by atoms with van der Waals surface area (Å²) in [4.78, 5) is 0. The normalized spacial score (nSPS) is 24.7. The Hall–Kier alpha value is -0.0500. The molecular weight excluding hydrogens is 146 g/mol. The standard InChI is InChI=1S/C7H15NOS/c1-6(2)5-10(8,9)7-3-4-7/h6-8H,3-5H2,1-2H3. The number of hydrogen-bond acceptors (Lipinski definition) is 2. The van der Waals surface area contributed by atoms with Crippen LogP contribution in [0.2, 0.25) is 0 Å². The molecule has 1 unspecified atom stereocenters. The highest BCUT2D eigenvalue weighted by Crippen LogP contribution is 2.30. The van der Waals surface area contributed by atoms with E-state index in [1.54, 1.807) is 0 Å². The van der Waals surface area contributed by atoms with Gasteiger partial charge >= 0.3 is 0 Å². The molecule has 0 aromatic heterocycles. The van der Waals surface area contributed by atoms with Crippen LogP contribution in [-0.4, -0.2) is 15.2 Å². The second-order valence-electron chi connectivity index (χ2n) is 3.49. The Bertz CT molecular complexity index is 202. The van der Waals surface area contributed by atoms with Gasteiger partial charge < -0.3 is 0 Å². The van der Waals surface area contributed by atoms with E-state index >= 15 is 0 Å². The molecule has 0 heterocycles. The van der Waals surface area contributed by atoms with Gasteiger partial charge in [-0.2, -0.15) is 0 Å². The fraction of sp³-hybridized carbons (Fsp3) is 1.00. The molecule has 1 N–H and O–H groups in total. The van der Waals surface area contributed by atoms with Crippen molar-refractivity contribution in [1.82, 2.24) is 0 Å². The van der Waals surface area contributed by atoms with Crippen LogP contribution in [-0.2, 0) is 9.73 Å². The van der Waals surface area contributed by atoms with Gasteiger partial charge in [0.05, 0.1) is 0 Å². The lowest BCUT2D eigenvalue weighted by Crippen LogP contribution is -2.14. The molecule has 0 aromatic rings. The first-order valence-corrected chi connectivity index (χ1v) is 5.56. The van der Waals surface area contributed by atoms with Crippen LogP contribution >= 0.6 is 0 Å². The first-order valence-electron chi connectivity index (χ1n) is 3.77. The highest BCUT2D eigenvalue weighted by atomic mass is 32.2. The van der Waals surface area contributed by atoms with E-state index in [0.29, 0.717) is 11.7 Å². The lowest BCUT2D eigenvalue weighted by atomic mass is 10.3. The third kappa shape index (κ3) is 1.97. The molecule has 0 spiro atoms. The lowest BCUT2D eigenvalue weighted by Gasteiger charge is -2.07. The van der Waals surface area contributed by atoms with Crippen LogP contribution in [0.1, 0.15) is 26.7 Å². The molecule has 0 aromatic carbocycles. The molecule has 3 heteroatoms. The second-order valence-corrected chi connectivity index (χ2v) is 5.94. The predicted molar refractivity (Wildman–Crippen MR) is 43.6 cm³/mol. The first-order chi connectivity index (χ1) is 4.52. The van der Waals surface area contributed by atoms with Gasteiger partial charge in [-0.3, -0.25) is 4.78 Å². The van der Waals surface area contributed by atoms with Crippen molar-refractivity contribution < 1.29 is 4.21 Å². The maximum absolute atomic E-state index is 11.4. The Kier molecular flexibility index (Phi) is 2.04. The number of hydrogen-bond donors (Lipinski definition) is 1. The van der Waals surface area contributed by atoms with Crippen LogP contribution in [0, 0.1) is 10.7 Å². The highest BCUT2D eigenvalue weighted by molar-refractivity contribution is 7.93. The molecule has 1 saturated carbocycles. The van der Waals surface area contributed by atoms with Crippen LogP contribution in [0.15, 0.2) is 0 Å². The van der Waals surface area contributed by atoms with Crippen molar-refractivity contribution >= 4 is 9.73 Å². The van der Waals surface area contributed by atoms with Crippen LogP contribution < -0.4 is 0 Å². The maximum atomic E-state index is 11.4. The molecule has 60 valence electrons. The summed E-state index contributed by atoms with van der Waals surface area (Å²) < 4.78 is 18.9. The summed E-state index contributed by atoms with van der Waals surface area (Å²) in [5.74, 6) is 1.00. The summed E-state index contributed by atoms with van der Waals surface area (Å²) in [7, 11) is -2.19. The van der Waals surface area contributed by atoms with Gasteiger partial charge in [0, 0.05) is 20.7 Å². The Morgan fingerprint density at radius 1 is 1.60 bits per heavy atom. The van der Waals surface area contributed by atoms with E-state index in [4.69, 9.17) is 4.78 Å². The molecule has 2 nitrogen and oxygen atoms in total. The van der Waals surface area contributed by atoms with Crippen LogP contribution in [0.3, 0.4) is 0 Å². The molecule has 1 aliphatic carbocycles. The topological polar surface area (TPSA) is 40.9 Å². The Balaban J connectivity index is 2.51. The van der Waals surface area contributed by atoms with Crippen molar-refractivity contribution in [2.45, 2.75) is 31.9 Å². The van der Waals surface area contributed by atoms with Crippen LogP contribution in [0.5, 0.6) is 0 Å². The van der Waals surface area contributed by atoms with Crippen molar-refractivity contribution in [3.8, 4) is 0 Å². The molecule has 0 amide bonds. The fourth-order valence-electron chi connectivity index (χ4n) is 1.08. The fourth-order valence-corrected chi connectivity index (χ4v) is 3.24. The number of rotatable bonds is 3.